The fourth-order valence-corrected chi connectivity index (χ4v) is 1.51. The lowest BCUT2D eigenvalue weighted by atomic mass is 10.2. The maximum atomic E-state index is 11.6. The van der Waals surface area contributed by atoms with Crippen LogP contribution in [0.1, 0.15) is 17.3 Å². The lowest BCUT2D eigenvalue weighted by Crippen LogP contribution is -2.04. The van der Waals surface area contributed by atoms with E-state index in [2.05, 4.69) is 9.97 Å². The molecule has 88 valence electrons. The molecule has 1 heterocycles. The van der Waals surface area contributed by atoms with Gasteiger partial charge in [-0.2, -0.15) is 0 Å². The summed E-state index contributed by atoms with van der Waals surface area (Å²) in [5.41, 5.74) is 1.51. The van der Waals surface area contributed by atoms with Gasteiger partial charge in [0.15, 0.2) is 0 Å². The highest BCUT2D eigenvalue weighted by molar-refractivity contribution is 6.01. The van der Waals surface area contributed by atoms with Crippen LogP contribution >= 0.6 is 0 Å². The number of carbonyl (C=O) groups is 1. The van der Waals surface area contributed by atoms with Gasteiger partial charge in [-0.25, -0.2) is 14.8 Å². The van der Waals surface area contributed by atoms with Gasteiger partial charge in [0.1, 0.15) is 5.52 Å². The van der Waals surface area contributed by atoms with Crippen molar-refractivity contribution in [2.24, 2.45) is 0 Å². The van der Waals surface area contributed by atoms with Crippen molar-refractivity contribution in [3.8, 4) is 5.88 Å². The molecule has 5 heteroatoms. The van der Waals surface area contributed by atoms with Crippen LogP contribution in [0.4, 0.5) is 0 Å². The third-order valence-corrected chi connectivity index (χ3v) is 2.25. The van der Waals surface area contributed by atoms with Gasteiger partial charge < -0.3 is 9.47 Å². The van der Waals surface area contributed by atoms with Gasteiger partial charge in [0.05, 0.1) is 31.0 Å². The number of aromatic nitrogens is 2. The number of rotatable bonds is 3. The van der Waals surface area contributed by atoms with Crippen molar-refractivity contribution in [3.63, 3.8) is 0 Å². The van der Waals surface area contributed by atoms with Crippen LogP contribution < -0.4 is 4.74 Å². The van der Waals surface area contributed by atoms with Crippen LogP contribution in [0.25, 0.3) is 11.0 Å². The van der Waals surface area contributed by atoms with Crippen LogP contribution in [0.15, 0.2) is 24.4 Å². The van der Waals surface area contributed by atoms with E-state index in [-0.39, 0.29) is 0 Å². The summed E-state index contributed by atoms with van der Waals surface area (Å²) in [7, 11) is 1.33. The summed E-state index contributed by atoms with van der Waals surface area (Å²) in [6.07, 6.45) is 1.53. The number of carbonyl (C=O) groups excluding carboxylic acids is 1. The van der Waals surface area contributed by atoms with Gasteiger partial charge in [-0.3, -0.25) is 0 Å². The van der Waals surface area contributed by atoms with E-state index in [1.165, 1.54) is 13.3 Å². The summed E-state index contributed by atoms with van der Waals surface area (Å²) in [4.78, 5) is 20.0. The molecule has 1 aromatic carbocycles. The molecule has 1 aromatic heterocycles. The highest BCUT2D eigenvalue weighted by Crippen LogP contribution is 2.18. The zero-order valence-corrected chi connectivity index (χ0v) is 9.64. The lowest BCUT2D eigenvalue weighted by Gasteiger charge is -2.05. The second-order valence-corrected chi connectivity index (χ2v) is 3.31. The molecule has 2 rings (SSSR count). The molecule has 0 N–H and O–H groups in total. The number of hydrogen-bond acceptors (Lipinski definition) is 5. The number of ether oxygens (including phenoxy) is 2. The minimum absolute atomic E-state index is 0.388. The van der Waals surface area contributed by atoms with Crippen molar-refractivity contribution in [2.45, 2.75) is 6.92 Å². The molecule has 0 saturated heterocycles. The molecule has 0 fully saturated rings. The maximum absolute atomic E-state index is 11.6. The normalized spacial score (nSPS) is 10.2. The van der Waals surface area contributed by atoms with Crippen LogP contribution in [-0.4, -0.2) is 29.7 Å². The SMILES string of the molecule is CCOc1cnc2cccc(C(=O)OC)c2n1. The molecule has 2 aromatic rings. The Kier molecular flexibility index (Phi) is 3.18. The molecule has 0 aliphatic carbocycles. The van der Waals surface area contributed by atoms with Crippen LogP contribution in [-0.2, 0) is 4.74 Å². The average Bonchev–Trinajstić information content (AvgIpc) is 2.37. The lowest BCUT2D eigenvalue weighted by molar-refractivity contribution is 0.0602. The Morgan fingerprint density at radius 3 is 2.94 bits per heavy atom. The van der Waals surface area contributed by atoms with Gasteiger partial charge in [0.2, 0.25) is 5.88 Å². The monoisotopic (exact) mass is 232 g/mol. The van der Waals surface area contributed by atoms with Crippen LogP contribution in [0, 0.1) is 0 Å². The van der Waals surface area contributed by atoms with E-state index in [1.54, 1.807) is 18.2 Å². The maximum Gasteiger partial charge on any atom is 0.340 e. The highest BCUT2D eigenvalue weighted by atomic mass is 16.5. The van der Waals surface area contributed by atoms with Gasteiger partial charge in [-0.05, 0) is 19.1 Å². The second kappa shape index (κ2) is 4.78. The topological polar surface area (TPSA) is 61.3 Å². The minimum atomic E-state index is -0.432. The smallest absolute Gasteiger partial charge is 0.340 e. The summed E-state index contributed by atoms with van der Waals surface area (Å²) in [5.74, 6) is -0.0325. The summed E-state index contributed by atoms with van der Waals surface area (Å²) < 4.78 is 9.95. The highest BCUT2D eigenvalue weighted by Gasteiger charge is 2.12. The standard InChI is InChI=1S/C12H12N2O3/c1-3-17-10-7-13-9-6-4-5-8(11(9)14-10)12(15)16-2/h4-7H,3H2,1-2H3. The summed E-state index contributed by atoms with van der Waals surface area (Å²) >= 11 is 0. The molecule has 0 atom stereocenters. The zero-order chi connectivity index (χ0) is 12.3. The number of fused-ring (bicyclic) bond motifs is 1. The quantitative estimate of drug-likeness (QED) is 0.755. The Morgan fingerprint density at radius 1 is 1.41 bits per heavy atom. The van der Waals surface area contributed by atoms with Gasteiger partial charge in [0.25, 0.3) is 0 Å². The first kappa shape index (κ1) is 11.3. The van der Waals surface area contributed by atoms with E-state index in [4.69, 9.17) is 9.47 Å². The number of para-hydroxylation sites is 1. The van der Waals surface area contributed by atoms with E-state index in [0.29, 0.717) is 29.1 Å². The molecule has 0 aliphatic heterocycles. The van der Waals surface area contributed by atoms with Gasteiger partial charge in [-0.15, -0.1) is 0 Å². The van der Waals surface area contributed by atoms with Crippen molar-refractivity contribution in [1.82, 2.24) is 9.97 Å². The Hall–Kier alpha value is -2.17. The van der Waals surface area contributed by atoms with Gasteiger partial charge >= 0.3 is 5.97 Å². The van der Waals surface area contributed by atoms with E-state index in [9.17, 15) is 4.79 Å². The van der Waals surface area contributed by atoms with Crippen LogP contribution in [0.5, 0.6) is 5.88 Å². The molecule has 0 spiro atoms. The fourth-order valence-electron chi connectivity index (χ4n) is 1.51. The van der Waals surface area contributed by atoms with E-state index >= 15 is 0 Å². The number of hydrogen-bond donors (Lipinski definition) is 0. The Bertz CT molecular complexity index is 554. The van der Waals surface area contributed by atoms with Gasteiger partial charge in [0, 0.05) is 0 Å². The number of benzene rings is 1. The first-order chi connectivity index (χ1) is 8.26. The van der Waals surface area contributed by atoms with E-state index < -0.39 is 5.97 Å². The third-order valence-electron chi connectivity index (χ3n) is 2.25. The summed E-state index contributed by atoms with van der Waals surface area (Å²) in [6.45, 7) is 2.36. The predicted octanol–water partition coefficient (Wildman–Crippen LogP) is 1.82. The first-order valence-electron chi connectivity index (χ1n) is 5.23. The largest absolute Gasteiger partial charge is 0.477 e. The van der Waals surface area contributed by atoms with Crippen LogP contribution in [0.3, 0.4) is 0 Å². The zero-order valence-electron chi connectivity index (χ0n) is 9.64. The predicted molar refractivity (Wildman–Crippen MR) is 62.0 cm³/mol. The molecular formula is C12H12N2O3. The molecule has 0 saturated carbocycles. The molecule has 0 aliphatic rings. The van der Waals surface area contributed by atoms with Crippen molar-refractivity contribution < 1.29 is 14.3 Å². The van der Waals surface area contributed by atoms with Crippen molar-refractivity contribution in [3.05, 3.63) is 30.0 Å². The molecule has 0 bridgehead atoms. The molecule has 17 heavy (non-hydrogen) atoms. The van der Waals surface area contributed by atoms with Crippen LogP contribution in [0.2, 0.25) is 0 Å². The summed E-state index contributed by atoms with van der Waals surface area (Å²) in [5, 5.41) is 0. The minimum Gasteiger partial charge on any atom is -0.477 e. The van der Waals surface area contributed by atoms with Gasteiger partial charge in [-0.1, -0.05) is 6.07 Å². The van der Waals surface area contributed by atoms with E-state index in [0.717, 1.165) is 0 Å². The number of methoxy groups -OCH3 is 1. The molecular weight excluding hydrogens is 220 g/mol. The fraction of sp³-hybridized carbons (Fsp3) is 0.250. The van der Waals surface area contributed by atoms with Crippen molar-refractivity contribution in [1.29, 1.82) is 0 Å². The molecule has 0 unspecified atom stereocenters. The Balaban J connectivity index is 2.59. The van der Waals surface area contributed by atoms with Crippen molar-refractivity contribution in [2.75, 3.05) is 13.7 Å². The van der Waals surface area contributed by atoms with E-state index in [1.807, 2.05) is 6.92 Å². The summed E-state index contributed by atoms with van der Waals surface area (Å²) in [6, 6.07) is 5.17. The average molecular weight is 232 g/mol. The number of esters is 1. The first-order valence-corrected chi connectivity index (χ1v) is 5.23. The Morgan fingerprint density at radius 2 is 2.24 bits per heavy atom. The second-order valence-electron chi connectivity index (χ2n) is 3.31. The molecule has 5 nitrogen and oxygen atoms in total. The molecule has 0 radical (unpaired) electrons. The Labute approximate surface area is 98.4 Å². The number of nitrogens with zero attached hydrogens (tertiary/aromatic N) is 2. The van der Waals surface area contributed by atoms with Crippen molar-refractivity contribution >= 4 is 17.0 Å². The molecule has 0 amide bonds. The third kappa shape index (κ3) is 2.18.